The Morgan fingerprint density at radius 3 is 2.33 bits per heavy atom. The fourth-order valence-electron chi connectivity index (χ4n) is 2.32. The molecule has 0 fully saturated rings. The molecule has 0 bridgehead atoms. The number of non-ortho nitro benzene ring substituents is 1. The van der Waals surface area contributed by atoms with Crippen LogP contribution in [0.25, 0.3) is 0 Å². The van der Waals surface area contributed by atoms with Crippen molar-refractivity contribution < 1.29 is 14.5 Å². The second kappa shape index (κ2) is 8.79. The fraction of sp³-hybridized carbons (Fsp3) is 0.263. The molecule has 2 rings (SSSR count). The van der Waals surface area contributed by atoms with Gasteiger partial charge in [0, 0.05) is 43.0 Å². The minimum atomic E-state index is -0.541. The van der Waals surface area contributed by atoms with Gasteiger partial charge in [-0.2, -0.15) is 0 Å². The Hall–Kier alpha value is -3.42. The van der Waals surface area contributed by atoms with Gasteiger partial charge in [0.05, 0.1) is 10.5 Å². The molecule has 0 spiro atoms. The Balaban J connectivity index is 2.04. The summed E-state index contributed by atoms with van der Waals surface area (Å²) in [5.41, 5.74) is 2.07. The molecule has 0 unspecified atom stereocenters. The summed E-state index contributed by atoms with van der Waals surface area (Å²) in [6.07, 6.45) is 0. The Labute approximate surface area is 157 Å². The van der Waals surface area contributed by atoms with Crippen LogP contribution in [0.15, 0.2) is 42.5 Å². The maximum absolute atomic E-state index is 12.4. The smallest absolute Gasteiger partial charge is 0.270 e. The number of anilines is 2. The lowest BCUT2D eigenvalue weighted by molar-refractivity contribution is -0.384. The molecular weight excluding hydrogens is 348 g/mol. The Morgan fingerprint density at radius 2 is 1.78 bits per heavy atom. The highest BCUT2D eigenvalue weighted by Crippen LogP contribution is 2.22. The van der Waals surface area contributed by atoms with Gasteiger partial charge in [0.2, 0.25) is 5.91 Å². The second-order valence-corrected chi connectivity index (χ2v) is 6.26. The van der Waals surface area contributed by atoms with Crippen LogP contribution in [-0.2, 0) is 11.3 Å². The van der Waals surface area contributed by atoms with Gasteiger partial charge in [-0.05, 0) is 23.8 Å². The highest BCUT2D eigenvalue weighted by atomic mass is 16.6. The van der Waals surface area contributed by atoms with Gasteiger partial charge in [-0.3, -0.25) is 19.7 Å². The number of benzene rings is 2. The zero-order chi connectivity index (χ0) is 20.0. The number of rotatable bonds is 7. The number of hydrogen-bond acceptors (Lipinski definition) is 5. The molecule has 0 radical (unpaired) electrons. The molecule has 2 aromatic rings. The lowest BCUT2D eigenvalue weighted by atomic mass is 10.1. The summed E-state index contributed by atoms with van der Waals surface area (Å²) in [5, 5.41) is 19.3. The first-order valence-corrected chi connectivity index (χ1v) is 8.46. The van der Waals surface area contributed by atoms with Crippen LogP contribution < -0.4 is 16.0 Å². The molecule has 2 aromatic carbocycles. The quantitative estimate of drug-likeness (QED) is 0.512. The Bertz CT molecular complexity index is 847. The first-order chi connectivity index (χ1) is 12.8. The van der Waals surface area contributed by atoms with Gasteiger partial charge in [-0.1, -0.05) is 26.0 Å². The topological polar surface area (TPSA) is 113 Å². The van der Waals surface area contributed by atoms with Crippen molar-refractivity contribution >= 4 is 28.9 Å². The van der Waals surface area contributed by atoms with Crippen LogP contribution in [0, 0.1) is 16.0 Å². The standard InChI is InChI=1S/C19H22N4O4/c1-12(2)18(24)22-14-6-4-13(5-7-14)11-21-19(25)16-10-15(23(26)27)8-9-17(16)20-3/h4-10,12,20H,11H2,1-3H3,(H,21,25)(H,22,24). The maximum atomic E-state index is 12.4. The van der Waals surface area contributed by atoms with Crippen molar-refractivity contribution in [3.8, 4) is 0 Å². The number of nitro benzene ring substituents is 1. The van der Waals surface area contributed by atoms with E-state index >= 15 is 0 Å². The first kappa shape index (κ1) is 19.9. The Morgan fingerprint density at radius 1 is 1.11 bits per heavy atom. The van der Waals surface area contributed by atoms with E-state index in [4.69, 9.17) is 0 Å². The van der Waals surface area contributed by atoms with Crippen LogP contribution in [-0.4, -0.2) is 23.8 Å². The van der Waals surface area contributed by atoms with Crippen molar-refractivity contribution in [2.75, 3.05) is 17.7 Å². The average Bonchev–Trinajstić information content (AvgIpc) is 2.66. The molecule has 0 atom stereocenters. The largest absolute Gasteiger partial charge is 0.387 e. The third-order valence-electron chi connectivity index (χ3n) is 3.93. The van der Waals surface area contributed by atoms with E-state index < -0.39 is 10.8 Å². The molecule has 142 valence electrons. The summed E-state index contributed by atoms with van der Waals surface area (Å²) >= 11 is 0. The minimum absolute atomic E-state index is 0.0682. The zero-order valence-corrected chi connectivity index (χ0v) is 15.4. The Kier molecular flexibility index (Phi) is 6.48. The summed E-state index contributed by atoms with van der Waals surface area (Å²) in [6.45, 7) is 3.88. The molecule has 8 nitrogen and oxygen atoms in total. The van der Waals surface area contributed by atoms with Gasteiger partial charge in [0.15, 0.2) is 0 Å². The summed E-state index contributed by atoms with van der Waals surface area (Å²) in [6, 6.07) is 11.2. The van der Waals surface area contributed by atoms with Gasteiger partial charge in [0.1, 0.15) is 0 Å². The van der Waals surface area contributed by atoms with Crippen LogP contribution in [0.4, 0.5) is 17.1 Å². The zero-order valence-electron chi connectivity index (χ0n) is 15.4. The molecule has 0 aromatic heterocycles. The molecule has 27 heavy (non-hydrogen) atoms. The number of amides is 2. The van der Waals surface area contributed by atoms with E-state index in [2.05, 4.69) is 16.0 Å². The molecule has 0 aliphatic heterocycles. The van der Waals surface area contributed by atoms with Crippen molar-refractivity contribution in [3.05, 3.63) is 63.7 Å². The number of carbonyl (C=O) groups is 2. The molecule has 3 N–H and O–H groups in total. The molecule has 0 saturated carbocycles. The van der Waals surface area contributed by atoms with Gasteiger partial charge in [0.25, 0.3) is 11.6 Å². The lowest BCUT2D eigenvalue weighted by Gasteiger charge is -2.11. The summed E-state index contributed by atoms with van der Waals surface area (Å²) in [4.78, 5) is 34.5. The number of nitrogens with one attached hydrogen (secondary N) is 3. The van der Waals surface area contributed by atoms with Crippen LogP contribution in [0.1, 0.15) is 29.8 Å². The monoisotopic (exact) mass is 370 g/mol. The molecule has 0 heterocycles. The number of hydrogen-bond donors (Lipinski definition) is 3. The van der Waals surface area contributed by atoms with E-state index in [-0.39, 0.29) is 29.6 Å². The van der Waals surface area contributed by atoms with E-state index in [1.807, 2.05) is 13.8 Å². The van der Waals surface area contributed by atoms with E-state index in [0.29, 0.717) is 11.4 Å². The minimum Gasteiger partial charge on any atom is -0.387 e. The van der Waals surface area contributed by atoms with E-state index in [1.165, 1.54) is 18.2 Å². The van der Waals surface area contributed by atoms with Gasteiger partial charge in [-0.25, -0.2) is 0 Å². The third-order valence-corrected chi connectivity index (χ3v) is 3.93. The fourth-order valence-corrected chi connectivity index (χ4v) is 2.32. The number of nitro groups is 1. The number of carbonyl (C=O) groups excluding carboxylic acids is 2. The normalized spacial score (nSPS) is 10.4. The van der Waals surface area contributed by atoms with Crippen molar-refractivity contribution in [2.45, 2.75) is 20.4 Å². The van der Waals surface area contributed by atoms with Gasteiger partial charge >= 0.3 is 0 Å². The second-order valence-electron chi connectivity index (χ2n) is 6.26. The summed E-state index contributed by atoms with van der Waals surface area (Å²) < 4.78 is 0. The number of nitrogens with zero attached hydrogens (tertiary/aromatic N) is 1. The van der Waals surface area contributed by atoms with E-state index in [1.54, 1.807) is 31.3 Å². The molecule has 0 aliphatic carbocycles. The van der Waals surface area contributed by atoms with Crippen molar-refractivity contribution in [2.24, 2.45) is 5.92 Å². The first-order valence-electron chi connectivity index (χ1n) is 8.46. The highest BCUT2D eigenvalue weighted by Gasteiger charge is 2.16. The molecule has 0 saturated heterocycles. The van der Waals surface area contributed by atoms with Crippen LogP contribution in [0.3, 0.4) is 0 Å². The lowest BCUT2D eigenvalue weighted by Crippen LogP contribution is -2.24. The average molecular weight is 370 g/mol. The van der Waals surface area contributed by atoms with Crippen molar-refractivity contribution in [3.63, 3.8) is 0 Å². The van der Waals surface area contributed by atoms with Crippen molar-refractivity contribution in [1.82, 2.24) is 5.32 Å². The predicted molar refractivity (Wildman–Crippen MR) is 104 cm³/mol. The molecule has 2 amide bonds. The van der Waals surface area contributed by atoms with Crippen LogP contribution in [0.5, 0.6) is 0 Å². The molecule has 8 heteroatoms. The summed E-state index contributed by atoms with van der Waals surface area (Å²) in [5.74, 6) is -0.596. The van der Waals surface area contributed by atoms with Crippen molar-refractivity contribution in [1.29, 1.82) is 0 Å². The molecule has 0 aliphatic rings. The van der Waals surface area contributed by atoms with E-state index in [9.17, 15) is 19.7 Å². The predicted octanol–water partition coefficient (Wildman–Crippen LogP) is 3.16. The van der Waals surface area contributed by atoms with Crippen LogP contribution in [0.2, 0.25) is 0 Å². The van der Waals surface area contributed by atoms with E-state index in [0.717, 1.165) is 5.56 Å². The maximum Gasteiger partial charge on any atom is 0.270 e. The summed E-state index contributed by atoms with van der Waals surface area (Å²) in [7, 11) is 1.64. The SMILES string of the molecule is CNc1ccc([N+](=O)[O-])cc1C(=O)NCc1ccc(NC(=O)C(C)C)cc1. The highest BCUT2D eigenvalue weighted by molar-refractivity contribution is 6.00. The van der Waals surface area contributed by atoms with Gasteiger partial charge in [-0.15, -0.1) is 0 Å². The van der Waals surface area contributed by atoms with Gasteiger partial charge < -0.3 is 16.0 Å². The third kappa shape index (κ3) is 5.27. The molecular formula is C19H22N4O4. The van der Waals surface area contributed by atoms with Crippen LogP contribution >= 0.6 is 0 Å².